The number of hydrogen-bond acceptors (Lipinski definition) is 0. The van der Waals surface area contributed by atoms with Crippen LogP contribution in [0.2, 0.25) is 36.4 Å². The van der Waals surface area contributed by atoms with Crippen molar-refractivity contribution in [3.63, 3.8) is 0 Å². The summed E-state index contributed by atoms with van der Waals surface area (Å²) in [4.78, 5) is 0. The summed E-state index contributed by atoms with van der Waals surface area (Å²) >= 11 is -5.72. The molecule has 167 valence electrons. The van der Waals surface area contributed by atoms with Crippen molar-refractivity contribution in [2.24, 2.45) is 0 Å². The molecule has 0 nitrogen and oxygen atoms in total. The van der Waals surface area contributed by atoms with Crippen LogP contribution in [0, 0.1) is 0 Å². The Balaban J connectivity index is 2.15. The van der Waals surface area contributed by atoms with Gasteiger partial charge in [0.2, 0.25) is 0 Å². The zero-order valence-corrected chi connectivity index (χ0v) is 24.6. The van der Waals surface area contributed by atoms with Gasteiger partial charge in [-0.05, 0) is 0 Å². The van der Waals surface area contributed by atoms with Crippen LogP contribution in [0.5, 0.6) is 0 Å². The molecule has 2 aliphatic rings. The Labute approximate surface area is 178 Å². The molecule has 0 fully saturated rings. The van der Waals surface area contributed by atoms with Gasteiger partial charge in [-0.3, -0.25) is 0 Å². The van der Waals surface area contributed by atoms with Crippen LogP contribution in [0.15, 0.2) is 85.0 Å². The molecule has 1 heteroatoms. The van der Waals surface area contributed by atoms with E-state index in [2.05, 4.69) is 131 Å². The normalized spacial score (nSPS) is 28.5. The van der Waals surface area contributed by atoms with E-state index in [1.807, 2.05) is 0 Å². The summed E-state index contributed by atoms with van der Waals surface area (Å²) in [6, 6.07) is 20.2. The summed E-state index contributed by atoms with van der Waals surface area (Å²) in [7, 11) is 0. The van der Waals surface area contributed by atoms with E-state index in [4.69, 9.17) is 0 Å². The first-order chi connectivity index (χ1) is 13.7. The van der Waals surface area contributed by atoms with Gasteiger partial charge in [-0.15, -0.1) is 0 Å². The van der Waals surface area contributed by atoms with Crippen LogP contribution < -0.4 is 0 Å². The van der Waals surface area contributed by atoms with Crippen molar-refractivity contribution in [2.45, 2.75) is 58.9 Å². The van der Waals surface area contributed by atoms with E-state index in [0.29, 0.717) is 9.59 Å². The third-order valence-electron chi connectivity index (χ3n) is 10.6. The summed E-state index contributed by atoms with van der Waals surface area (Å²) in [5.74, 6) is 0.435. The molecule has 0 radical (unpaired) electrons. The van der Waals surface area contributed by atoms with Crippen molar-refractivity contribution in [3.8, 4) is 0 Å². The third-order valence-corrected chi connectivity index (χ3v) is 56.5. The number of rotatable bonds is 5. The van der Waals surface area contributed by atoms with Gasteiger partial charge in [0.15, 0.2) is 0 Å². The minimum atomic E-state index is -5.72. The molecule has 0 N–H and O–H groups in total. The molecule has 2 unspecified atom stereocenters. The topological polar surface area (TPSA) is 0 Å². The maximum absolute atomic E-state index is 5.72. The van der Waals surface area contributed by atoms with Crippen molar-refractivity contribution in [3.05, 3.63) is 102 Å². The molecular weight excluding hydrogens is 539 g/mol. The van der Waals surface area contributed by atoms with E-state index in [0.717, 1.165) is 6.42 Å². The number of benzene rings is 2. The molecule has 2 aromatic carbocycles. The molecule has 31 heavy (non-hydrogen) atoms. The molecule has 0 spiro atoms. The van der Waals surface area contributed by atoms with Crippen LogP contribution >= 0.6 is 0 Å². The van der Waals surface area contributed by atoms with E-state index in [1.54, 1.807) is 0 Å². The first-order valence-corrected chi connectivity index (χ1v) is 41.3. The molecule has 0 bridgehead atoms. The Morgan fingerprint density at radius 1 is 0.774 bits per heavy atom. The van der Waals surface area contributed by atoms with Crippen molar-refractivity contribution >= 4 is 6.08 Å². The molecule has 2 aliphatic carbocycles. The molecule has 0 saturated carbocycles. The van der Waals surface area contributed by atoms with Crippen molar-refractivity contribution in [2.75, 3.05) is 0 Å². The first kappa shape index (κ1) is 22.7. The summed E-state index contributed by atoms with van der Waals surface area (Å²) in [6.07, 6.45) is 15.6. The summed E-state index contributed by atoms with van der Waals surface area (Å²) in [5.41, 5.74) is 4.31. The van der Waals surface area contributed by atoms with Gasteiger partial charge in [-0.1, -0.05) is 0 Å². The Morgan fingerprint density at radius 3 is 1.94 bits per heavy atom. The van der Waals surface area contributed by atoms with Gasteiger partial charge in [0.25, 0.3) is 0 Å². The second-order valence-corrected chi connectivity index (χ2v) is 130. The van der Waals surface area contributed by atoms with Crippen LogP contribution in [0.4, 0.5) is 0 Å². The Hall–Kier alpha value is -1.47. The second kappa shape index (κ2) is 4.23. The predicted octanol–water partition coefficient (Wildman–Crippen LogP) is 10.2. The standard InChI is InChI=1S/C18H17.C5H5.7CH3.Hf/c1-14(15-7-3-2-4-8-15)13-17-12-11-16-9-5-6-10-18(16)17;1-2-4-5-3-1;;;;;;;;/h2-12,14H,13H2,1H3;1-5H;7*1H3;. The van der Waals surface area contributed by atoms with Gasteiger partial charge in [0, 0.05) is 0 Å². The van der Waals surface area contributed by atoms with Crippen LogP contribution in [-0.4, -0.2) is 0 Å². The second-order valence-electron chi connectivity index (χ2n) is 21.1. The zero-order valence-electron chi connectivity index (χ0n) is 21.0. The molecule has 0 saturated heterocycles. The fourth-order valence-electron chi connectivity index (χ4n) is 7.53. The minimum absolute atomic E-state index is 0.114. The van der Waals surface area contributed by atoms with Gasteiger partial charge in [0.1, 0.15) is 0 Å². The molecule has 0 amide bonds. The average Bonchev–Trinajstić information content (AvgIpc) is 3.32. The molecule has 2 atom stereocenters. The van der Waals surface area contributed by atoms with Crippen molar-refractivity contribution in [1.82, 2.24) is 0 Å². The van der Waals surface area contributed by atoms with Gasteiger partial charge < -0.3 is 0 Å². The van der Waals surface area contributed by atoms with E-state index < -0.39 is 12.6 Å². The van der Waals surface area contributed by atoms with Gasteiger partial charge in [-0.25, -0.2) is 0 Å². The fraction of sp³-hybridized carbons (Fsp3) is 0.400. The molecule has 0 aliphatic heterocycles. The third kappa shape index (κ3) is 2.75. The van der Waals surface area contributed by atoms with E-state index in [1.165, 1.54) is 16.7 Å². The zero-order chi connectivity index (χ0) is 23.0. The monoisotopic (exact) mass is 583 g/mol. The van der Waals surface area contributed by atoms with Gasteiger partial charge in [0.05, 0.1) is 0 Å². The summed E-state index contributed by atoms with van der Waals surface area (Å²) < 4.78 is 19.3. The van der Waals surface area contributed by atoms with Crippen LogP contribution in [0.25, 0.3) is 6.08 Å². The number of fused-ring (bicyclic) bond motifs is 1. The van der Waals surface area contributed by atoms with Crippen molar-refractivity contribution < 1.29 is 12.6 Å². The first-order valence-electron chi connectivity index (χ1n) is 12.2. The predicted molar refractivity (Wildman–Crippen MR) is 140 cm³/mol. The number of allylic oxidation sites excluding steroid dienone is 5. The Morgan fingerprint density at radius 2 is 1.32 bits per heavy atom. The fourth-order valence-corrected chi connectivity index (χ4v) is 40.5. The molecule has 0 heterocycles. The van der Waals surface area contributed by atoms with E-state index in [-0.39, 0.29) is 3.17 Å². The maximum atomic E-state index is 2.72. The number of hydrogen-bond donors (Lipinski definition) is 0. The van der Waals surface area contributed by atoms with E-state index in [9.17, 15) is 0 Å². The van der Waals surface area contributed by atoms with Crippen LogP contribution in [-0.2, 0) is 15.8 Å². The van der Waals surface area contributed by atoms with E-state index >= 15 is 0 Å². The molecular formula is C30H43Hf. The van der Waals surface area contributed by atoms with Gasteiger partial charge >= 0.3 is 179 Å². The van der Waals surface area contributed by atoms with Crippen molar-refractivity contribution in [1.29, 1.82) is 0 Å². The Bertz CT molecular complexity index is 1210. The van der Waals surface area contributed by atoms with Gasteiger partial charge in [-0.2, -0.15) is 0 Å². The Kier molecular flexibility index (Phi) is 3.10. The van der Waals surface area contributed by atoms with Crippen LogP contribution in [0.1, 0.15) is 36.0 Å². The molecule has 0 aromatic heterocycles. The summed E-state index contributed by atoms with van der Waals surface area (Å²) in [6.45, 7) is 2.42. The SMILES string of the molecule is CC(C[C]1([Hf]([CH3])([CH3])([CH3])([CH3])([CH3])([CH3])([CH3])[CH]2C=CC=C2)C=Cc2ccccc21)c1ccccc1. The van der Waals surface area contributed by atoms with Crippen LogP contribution in [0.3, 0.4) is 0 Å². The average molecular weight is 582 g/mol. The quantitative estimate of drug-likeness (QED) is 0.308. The molecule has 4 rings (SSSR count). The summed E-state index contributed by atoms with van der Waals surface area (Å²) in [5, 5.41) is 0. The molecule has 2 aromatic rings.